The first-order valence-corrected chi connectivity index (χ1v) is 9.48. The molecule has 146 valence electrons. The molecule has 1 aliphatic heterocycles. The van der Waals surface area contributed by atoms with Crippen LogP contribution in [0.5, 0.6) is 0 Å². The van der Waals surface area contributed by atoms with E-state index in [1.165, 1.54) is 0 Å². The zero-order valence-electron chi connectivity index (χ0n) is 16.7. The van der Waals surface area contributed by atoms with Gasteiger partial charge in [-0.2, -0.15) is 10.2 Å². The second-order valence-electron chi connectivity index (χ2n) is 7.22. The van der Waals surface area contributed by atoms with Crippen LogP contribution in [-0.4, -0.2) is 50.1 Å². The van der Waals surface area contributed by atoms with Gasteiger partial charge in [0, 0.05) is 31.0 Å². The molecule has 7 heteroatoms. The summed E-state index contributed by atoms with van der Waals surface area (Å²) in [5, 5.41) is 9.08. The molecule has 1 amide bonds. The zero-order valence-corrected chi connectivity index (χ0v) is 16.7. The van der Waals surface area contributed by atoms with E-state index in [1.807, 2.05) is 60.8 Å². The molecule has 1 atom stereocenters. The van der Waals surface area contributed by atoms with Gasteiger partial charge in [-0.3, -0.25) is 9.48 Å². The molecule has 7 nitrogen and oxygen atoms in total. The fourth-order valence-electron chi connectivity index (χ4n) is 4.01. The summed E-state index contributed by atoms with van der Waals surface area (Å²) in [6.07, 6.45) is 1.79. The van der Waals surface area contributed by atoms with E-state index >= 15 is 0 Å². The van der Waals surface area contributed by atoms with E-state index in [2.05, 4.69) is 12.0 Å². The van der Waals surface area contributed by atoms with Crippen LogP contribution in [0.25, 0.3) is 5.69 Å². The van der Waals surface area contributed by atoms with Crippen molar-refractivity contribution in [2.75, 3.05) is 19.8 Å². The summed E-state index contributed by atoms with van der Waals surface area (Å²) in [7, 11) is 1.83. The van der Waals surface area contributed by atoms with Crippen LogP contribution >= 0.6 is 0 Å². The maximum absolute atomic E-state index is 13.3. The van der Waals surface area contributed by atoms with Gasteiger partial charge in [-0.15, -0.1) is 0 Å². The van der Waals surface area contributed by atoms with Crippen LogP contribution < -0.4 is 0 Å². The smallest absolute Gasteiger partial charge is 0.257 e. The minimum Gasteiger partial charge on any atom is -0.377 e. The zero-order chi connectivity index (χ0) is 19.8. The summed E-state index contributed by atoms with van der Waals surface area (Å²) >= 11 is 0. The number of aryl methyl sites for hydroxylation is 3. The largest absolute Gasteiger partial charge is 0.377 e. The van der Waals surface area contributed by atoms with E-state index < -0.39 is 0 Å². The molecule has 0 unspecified atom stereocenters. The molecule has 1 aliphatic rings. The molecule has 0 radical (unpaired) electrons. The van der Waals surface area contributed by atoms with Gasteiger partial charge in [0.15, 0.2) is 0 Å². The van der Waals surface area contributed by atoms with Gasteiger partial charge >= 0.3 is 0 Å². The molecule has 0 bridgehead atoms. The van der Waals surface area contributed by atoms with Crippen molar-refractivity contribution in [3.8, 4) is 5.69 Å². The highest BCUT2D eigenvalue weighted by Crippen LogP contribution is 2.32. The standard InChI is InChI=1S/C21H25N5O2/c1-14-18(12-24(4)22-14)21(27)25-10-11-28-13-19(25)20-15(2)23-26(16(20)3)17-8-6-5-7-9-17/h5-9,12,19H,10-11,13H2,1-4H3/t19-/m0/s1. The maximum atomic E-state index is 13.3. The van der Waals surface area contributed by atoms with Gasteiger partial charge in [-0.05, 0) is 32.9 Å². The Bertz CT molecular complexity index is 1010. The van der Waals surface area contributed by atoms with E-state index in [-0.39, 0.29) is 11.9 Å². The number of carbonyl (C=O) groups is 1. The Kier molecular flexibility index (Phi) is 4.77. The van der Waals surface area contributed by atoms with Crippen molar-refractivity contribution in [1.82, 2.24) is 24.5 Å². The maximum Gasteiger partial charge on any atom is 0.257 e. The van der Waals surface area contributed by atoms with Crippen molar-refractivity contribution in [2.45, 2.75) is 26.8 Å². The molecule has 3 aromatic rings. The first-order chi connectivity index (χ1) is 13.5. The normalized spacial score (nSPS) is 17.1. The number of aromatic nitrogens is 4. The predicted molar refractivity (Wildman–Crippen MR) is 106 cm³/mol. The van der Waals surface area contributed by atoms with Gasteiger partial charge in [0.25, 0.3) is 5.91 Å². The van der Waals surface area contributed by atoms with Crippen molar-refractivity contribution in [3.05, 3.63) is 64.7 Å². The highest BCUT2D eigenvalue weighted by atomic mass is 16.5. The predicted octanol–water partition coefficient (Wildman–Crippen LogP) is 2.74. The van der Waals surface area contributed by atoms with Crippen molar-refractivity contribution in [1.29, 1.82) is 0 Å². The third-order valence-corrected chi connectivity index (χ3v) is 5.31. The first kappa shape index (κ1) is 18.4. The van der Waals surface area contributed by atoms with E-state index in [1.54, 1.807) is 10.9 Å². The van der Waals surface area contributed by atoms with Crippen LogP contribution in [0.4, 0.5) is 0 Å². The Balaban J connectivity index is 1.74. The Labute approximate surface area is 164 Å². The summed E-state index contributed by atoms with van der Waals surface area (Å²) in [4.78, 5) is 15.2. The van der Waals surface area contributed by atoms with Crippen LogP contribution in [0.2, 0.25) is 0 Å². The van der Waals surface area contributed by atoms with Crippen molar-refractivity contribution >= 4 is 5.91 Å². The lowest BCUT2D eigenvalue weighted by atomic mass is 10.0. The Morgan fingerprint density at radius 1 is 1.11 bits per heavy atom. The summed E-state index contributed by atoms with van der Waals surface area (Å²) < 4.78 is 9.39. The van der Waals surface area contributed by atoms with Crippen molar-refractivity contribution in [2.24, 2.45) is 7.05 Å². The van der Waals surface area contributed by atoms with Crippen molar-refractivity contribution in [3.63, 3.8) is 0 Å². The van der Waals surface area contributed by atoms with E-state index in [4.69, 9.17) is 9.84 Å². The fourth-order valence-corrected chi connectivity index (χ4v) is 4.01. The minimum atomic E-state index is -0.168. The topological polar surface area (TPSA) is 65.2 Å². The molecule has 0 aliphatic carbocycles. The molecule has 3 heterocycles. The third-order valence-electron chi connectivity index (χ3n) is 5.31. The van der Waals surface area contributed by atoms with Crippen LogP contribution in [0.1, 0.15) is 39.0 Å². The molecule has 1 saturated heterocycles. The van der Waals surface area contributed by atoms with E-state index in [9.17, 15) is 4.79 Å². The number of amides is 1. The van der Waals surface area contributed by atoms with Gasteiger partial charge in [0.1, 0.15) is 0 Å². The second kappa shape index (κ2) is 7.24. The molecule has 2 aromatic heterocycles. The monoisotopic (exact) mass is 379 g/mol. The molecular formula is C21H25N5O2. The average molecular weight is 379 g/mol. The number of rotatable bonds is 3. The third kappa shape index (κ3) is 3.11. The molecule has 0 saturated carbocycles. The van der Waals surface area contributed by atoms with E-state index in [0.29, 0.717) is 25.3 Å². The molecule has 0 spiro atoms. The average Bonchev–Trinajstić information content (AvgIpc) is 3.19. The van der Waals surface area contributed by atoms with Crippen molar-refractivity contribution < 1.29 is 9.53 Å². The molecule has 1 aromatic carbocycles. The highest BCUT2D eigenvalue weighted by Gasteiger charge is 2.34. The number of carbonyl (C=O) groups excluding carboxylic acids is 1. The number of hydrogen-bond donors (Lipinski definition) is 0. The summed E-state index contributed by atoms with van der Waals surface area (Å²) in [6.45, 7) is 7.46. The van der Waals surface area contributed by atoms with Gasteiger partial charge in [-0.1, -0.05) is 18.2 Å². The molecule has 4 rings (SSSR count). The van der Waals surface area contributed by atoms with Crippen LogP contribution in [0.3, 0.4) is 0 Å². The quantitative estimate of drug-likeness (QED) is 0.702. The summed E-state index contributed by atoms with van der Waals surface area (Å²) in [6, 6.07) is 9.87. The fraction of sp³-hybridized carbons (Fsp3) is 0.381. The van der Waals surface area contributed by atoms with Gasteiger partial charge in [0.05, 0.1) is 41.9 Å². The molecular weight excluding hydrogens is 354 g/mol. The van der Waals surface area contributed by atoms with Gasteiger partial charge < -0.3 is 9.64 Å². The SMILES string of the molecule is Cc1nn(C)cc1C(=O)N1CCOC[C@H]1c1c(C)nn(-c2ccccc2)c1C. The Hall–Kier alpha value is -2.93. The number of para-hydroxylation sites is 1. The Morgan fingerprint density at radius 3 is 2.54 bits per heavy atom. The molecule has 28 heavy (non-hydrogen) atoms. The minimum absolute atomic E-state index is 0.00911. The lowest BCUT2D eigenvalue weighted by molar-refractivity contribution is -0.00308. The lowest BCUT2D eigenvalue weighted by Gasteiger charge is -2.36. The van der Waals surface area contributed by atoms with Crippen LogP contribution in [0.15, 0.2) is 36.5 Å². The van der Waals surface area contributed by atoms with Crippen LogP contribution in [0, 0.1) is 20.8 Å². The summed E-state index contributed by atoms with van der Waals surface area (Å²) in [5.74, 6) is -0.00911. The van der Waals surface area contributed by atoms with Crippen LogP contribution in [-0.2, 0) is 11.8 Å². The van der Waals surface area contributed by atoms with E-state index in [0.717, 1.165) is 28.3 Å². The number of ether oxygens (including phenoxy) is 1. The molecule has 0 N–H and O–H groups in total. The van der Waals surface area contributed by atoms with Gasteiger partial charge in [-0.25, -0.2) is 4.68 Å². The number of hydrogen-bond acceptors (Lipinski definition) is 4. The molecule has 1 fully saturated rings. The first-order valence-electron chi connectivity index (χ1n) is 9.48. The number of nitrogens with zero attached hydrogens (tertiary/aromatic N) is 5. The number of morpholine rings is 1. The number of benzene rings is 1. The Morgan fingerprint density at radius 2 is 1.86 bits per heavy atom. The van der Waals surface area contributed by atoms with Gasteiger partial charge in [0.2, 0.25) is 0 Å². The summed E-state index contributed by atoms with van der Waals surface area (Å²) in [5.41, 5.74) is 5.38. The second-order valence-corrected chi connectivity index (χ2v) is 7.22. The highest BCUT2D eigenvalue weighted by molar-refractivity contribution is 5.95. The lowest BCUT2D eigenvalue weighted by Crippen LogP contribution is -2.44.